The zero-order valence-electron chi connectivity index (χ0n) is 13.0. The zero-order valence-corrected chi connectivity index (χ0v) is 13.0. The van der Waals surface area contributed by atoms with Gasteiger partial charge in [-0.05, 0) is 26.1 Å². The molecule has 0 amide bonds. The van der Waals surface area contributed by atoms with Gasteiger partial charge < -0.3 is 13.9 Å². The summed E-state index contributed by atoms with van der Waals surface area (Å²) in [4.78, 5) is 6.60. The Morgan fingerprint density at radius 3 is 2.48 bits per heavy atom. The van der Waals surface area contributed by atoms with Crippen LogP contribution in [0.3, 0.4) is 0 Å². The van der Waals surface area contributed by atoms with Crippen molar-refractivity contribution in [1.29, 1.82) is 0 Å². The molecule has 0 fully saturated rings. The standard InChI is InChI=1S/C16H22N2O3/c1-12-5-7-13(8-6-12)16-17-14(11-21-16)9-18(2)10-15(19-3)20-4/h5-8,11,15H,9-10H2,1-4H3. The van der Waals surface area contributed by atoms with E-state index < -0.39 is 0 Å². The molecular weight excluding hydrogens is 268 g/mol. The molecule has 0 aliphatic heterocycles. The van der Waals surface area contributed by atoms with Gasteiger partial charge >= 0.3 is 0 Å². The lowest BCUT2D eigenvalue weighted by Crippen LogP contribution is -2.31. The fourth-order valence-corrected chi connectivity index (χ4v) is 2.05. The Bertz CT molecular complexity index is 547. The van der Waals surface area contributed by atoms with E-state index in [0.717, 1.165) is 11.3 Å². The summed E-state index contributed by atoms with van der Waals surface area (Å²) in [5, 5.41) is 0. The number of ether oxygens (including phenoxy) is 2. The first-order valence-electron chi connectivity index (χ1n) is 6.88. The van der Waals surface area contributed by atoms with Gasteiger partial charge in [0.25, 0.3) is 0 Å². The fourth-order valence-electron chi connectivity index (χ4n) is 2.05. The minimum Gasteiger partial charge on any atom is -0.444 e. The number of methoxy groups -OCH3 is 2. The van der Waals surface area contributed by atoms with Crippen LogP contribution in [0.25, 0.3) is 11.5 Å². The number of aromatic nitrogens is 1. The second-order valence-electron chi connectivity index (χ2n) is 5.11. The molecule has 0 radical (unpaired) electrons. The maximum Gasteiger partial charge on any atom is 0.226 e. The average molecular weight is 290 g/mol. The Morgan fingerprint density at radius 1 is 1.19 bits per heavy atom. The van der Waals surface area contributed by atoms with Crippen molar-refractivity contribution in [2.24, 2.45) is 0 Å². The van der Waals surface area contributed by atoms with Gasteiger partial charge in [0.05, 0.1) is 5.69 Å². The number of rotatable bonds is 7. The van der Waals surface area contributed by atoms with Gasteiger partial charge in [0.15, 0.2) is 6.29 Å². The maximum absolute atomic E-state index is 5.55. The van der Waals surface area contributed by atoms with E-state index in [1.807, 2.05) is 31.3 Å². The molecule has 2 rings (SSSR count). The molecule has 1 aromatic heterocycles. The first kappa shape index (κ1) is 15.7. The average Bonchev–Trinajstić information content (AvgIpc) is 2.94. The molecule has 0 saturated carbocycles. The molecule has 0 bridgehead atoms. The second kappa shape index (κ2) is 7.36. The summed E-state index contributed by atoms with van der Waals surface area (Å²) < 4.78 is 15.9. The predicted molar refractivity (Wildman–Crippen MR) is 80.8 cm³/mol. The molecule has 114 valence electrons. The first-order chi connectivity index (χ1) is 10.1. The quantitative estimate of drug-likeness (QED) is 0.734. The smallest absolute Gasteiger partial charge is 0.226 e. The van der Waals surface area contributed by atoms with Crippen LogP contribution >= 0.6 is 0 Å². The van der Waals surface area contributed by atoms with Crippen LogP contribution in [0, 0.1) is 6.92 Å². The van der Waals surface area contributed by atoms with Gasteiger partial charge in [0.2, 0.25) is 5.89 Å². The summed E-state index contributed by atoms with van der Waals surface area (Å²) in [5.41, 5.74) is 3.09. The third-order valence-corrected chi connectivity index (χ3v) is 3.27. The number of hydrogen-bond donors (Lipinski definition) is 0. The minimum atomic E-state index is -0.238. The van der Waals surface area contributed by atoms with E-state index in [0.29, 0.717) is 19.0 Å². The van der Waals surface area contributed by atoms with Gasteiger partial charge in [-0.25, -0.2) is 4.98 Å². The van der Waals surface area contributed by atoms with Crippen LogP contribution in [0.2, 0.25) is 0 Å². The summed E-state index contributed by atoms with van der Waals surface area (Å²) in [6.07, 6.45) is 1.46. The van der Waals surface area contributed by atoms with Crippen molar-refractivity contribution in [3.63, 3.8) is 0 Å². The molecule has 0 spiro atoms. The third-order valence-electron chi connectivity index (χ3n) is 3.27. The summed E-state index contributed by atoms with van der Waals surface area (Å²) in [5.74, 6) is 0.647. The van der Waals surface area contributed by atoms with E-state index in [9.17, 15) is 0 Å². The van der Waals surface area contributed by atoms with Gasteiger partial charge in [0.1, 0.15) is 6.26 Å². The van der Waals surface area contributed by atoms with Crippen LogP contribution in [-0.4, -0.2) is 44.0 Å². The van der Waals surface area contributed by atoms with E-state index in [-0.39, 0.29) is 6.29 Å². The van der Waals surface area contributed by atoms with Gasteiger partial charge in [-0.1, -0.05) is 17.7 Å². The Morgan fingerprint density at radius 2 is 1.86 bits per heavy atom. The molecule has 5 heteroatoms. The molecule has 0 aliphatic carbocycles. The SMILES string of the molecule is COC(CN(C)Cc1coc(-c2ccc(C)cc2)n1)OC. The highest BCUT2D eigenvalue weighted by Crippen LogP contribution is 2.19. The number of hydrogen-bond acceptors (Lipinski definition) is 5. The summed E-state index contributed by atoms with van der Waals surface area (Å²) in [6.45, 7) is 3.40. The van der Waals surface area contributed by atoms with Crippen molar-refractivity contribution in [1.82, 2.24) is 9.88 Å². The van der Waals surface area contributed by atoms with Gasteiger partial charge in [0, 0.05) is 32.9 Å². The maximum atomic E-state index is 5.55. The van der Waals surface area contributed by atoms with Crippen LogP contribution in [0.5, 0.6) is 0 Å². The summed E-state index contributed by atoms with van der Waals surface area (Å²) >= 11 is 0. The number of benzene rings is 1. The molecule has 1 heterocycles. The van der Waals surface area contributed by atoms with Crippen molar-refractivity contribution in [2.75, 3.05) is 27.8 Å². The number of nitrogens with zero attached hydrogens (tertiary/aromatic N) is 2. The van der Waals surface area contributed by atoms with Crippen LogP contribution in [-0.2, 0) is 16.0 Å². The predicted octanol–water partition coefficient (Wildman–Crippen LogP) is 2.70. The lowest BCUT2D eigenvalue weighted by molar-refractivity contribution is -0.114. The fraction of sp³-hybridized carbons (Fsp3) is 0.438. The monoisotopic (exact) mass is 290 g/mol. The molecular formula is C16H22N2O3. The Hall–Kier alpha value is -1.69. The number of likely N-dealkylation sites (N-methyl/N-ethyl adjacent to an activating group) is 1. The van der Waals surface area contributed by atoms with Crippen LogP contribution < -0.4 is 0 Å². The second-order valence-corrected chi connectivity index (χ2v) is 5.11. The highest BCUT2D eigenvalue weighted by molar-refractivity contribution is 5.53. The van der Waals surface area contributed by atoms with Crippen LogP contribution in [0.1, 0.15) is 11.3 Å². The molecule has 0 saturated heterocycles. The Balaban J connectivity index is 1.98. The van der Waals surface area contributed by atoms with Crippen molar-refractivity contribution >= 4 is 0 Å². The lowest BCUT2D eigenvalue weighted by Gasteiger charge is -2.20. The van der Waals surface area contributed by atoms with E-state index in [1.54, 1.807) is 20.5 Å². The third kappa shape index (κ3) is 4.39. The zero-order chi connectivity index (χ0) is 15.2. The Labute approximate surface area is 125 Å². The van der Waals surface area contributed by atoms with Crippen molar-refractivity contribution in [2.45, 2.75) is 19.8 Å². The van der Waals surface area contributed by atoms with Crippen molar-refractivity contribution in [3.05, 3.63) is 41.8 Å². The van der Waals surface area contributed by atoms with E-state index in [2.05, 4.69) is 16.8 Å². The van der Waals surface area contributed by atoms with Gasteiger partial charge in [-0.2, -0.15) is 0 Å². The van der Waals surface area contributed by atoms with Gasteiger partial charge in [-0.3, -0.25) is 4.90 Å². The van der Waals surface area contributed by atoms with Crippen molar-refractivity contribution < 1.29 is 13.9 Å². The number of oxazole rings is 1. The highest BCUT2D eigenvalue weighted by atomic mass is 16.7. The first-order valence-corrected chi connectivity index (χ1v) is 6.88. The normalized spacial score (nSPS) is 11.5. The number of aryl methyl sites for hydroxylation is 1. The van der Waals surface area contributed by atoms with Crippen LogP contribution in [0.15, 0.2) is 34.9 Å². The lowest BCUT2D eigenvalue weighted by atomic mass is 10.1. The van der Waals surface area contributed by atoms with Crippen molar-refractivity contribution in [3.8, 4) is 11.5 Å². The minimum absolute atomic E-state index is 0.238. The molecule has 1 aromatic carbocycles. The largest absolute Gasteiger partial charge is 0.444 e. The van der Waals surface area contributed by atoms with E-state index in [4.69, 9.17) is 13.9 Å². The molecule has 21 heavy (non-hydrogen) atoms. The molecule has 0 unspecified atom stereocenters. The molecule has 0 N–H and O–H groups in total. The molecule has 0 aliphatic rings. The van der Waals surface area contributed by atoms with E-state index >= 15 is 0 Å². The Kier molecular flexibility index (Phi) is 5.50. The van der Waals surface area contributed by atoms with Crippen LogP contribution in [0.4, 0.5) is 0 Å². The molecule has 2 aromatic rings. The summed E-state index contributed by atoms with van der Waals surface area (Å²) in [7, 11) is 5.26. The van der Waals surface area contributed by atoms with Gasteiger partial charge in [-0.15, -0.1) is 0 Å². The highest BCUT2D eigenvalue weighted by Gasteiger charge is 2.12. The molecule has 0 atom stereocenters. The topological polar surface area (TPSA) is 47.7 Å². The van der Waals surface area contributed by atoms with E-state index in [1.165, 1.54) is 5.56 Å². The molecule has 5 nitrogen and oxygen atoms in total. The summed E-state index contributed by atoms with van der Waals surface area (Å²) in [6, 6.07) is 8.13.